The summed E-state index contributed by atoms with van der Waals surface area (Å²) in [5, 5.41) is 4.10. The first kappa shape index (κ1) is 12.5. The van der Waals surface area contributed by atoms with Crippen molar-refractivity contribution in [1.29, 1.82) is 0 Å². The van der Waals surface area contributed by atoms with Gasteiger partial charge in [-0.15, -0.1) is 0 Å². The van der Waals surface area contributed by atoms with Crippen LogP contribution in [0.2, 0.25) is 0 Å². The third-order valence-electron chi connectivity index (χ3n) is 3.84. The molecule has 3 nitrogen and oxygen atoms in total. The molecule has 0 aliphatic heterocycles. The number of hydrogen-bond acceptors (Lipinski definition) is 1. The number of nitrogens with zero attached hydrogens (tertiary/aromatic N) is 3. The van der Waals surface area contributed by atoms with Gasteiger partial charge < -0.3 is 0 Å². The Kier molecular flexibility index (Phi) is 3.05. The molecule has 0 heterocycles. The molecule has 1 aliphatic carbocycles. The maximum atomic E-state index is 8.96. The van der Waals surface area contributed by atoms with Crippen LogP contribution in [-0.4, -0.2) is 0 Å². The van der Waals surface area contributed by atoms with Crippen molar-refractivity contribution in [3.8, 4) is 0 Å². The third-order valence-corrected chi connectivity index (χ3v) is 3.84. The SMILES string of the molecule is CC1(N=[N+]=[N-])Cc2ccccc2/C=C\c2ccccc21. The van der Waals surface area contributed by atoms with Crippen molar-refractivity contribution in [2.75, 3.05) is 0 Å². The zero-order valence-electron chi connectivity index (χ0n) is 11.3. The molecule has 3 heteroatoms. The minimum absolute atomic E-state index is 0.563. The molecule has 0 spiro atoms. The Hall–Kier alpha value is -2.51. The Morgan fingerprint density at radius 2 is 1.65 bits per heavy atom. The number of hydrogen-bond donors (Lipinski definition) is 0. The summed E-state index contributed by atoms with van der Waals surface area (Å²) >= 11 is 0. The van der Waals surface area contributed by atoms with Gasteiger partial charge >= 0.3 is 0 Å². The molecular formula is C17H15N3. The fourth-order valence-electron chi connectivity index (χ4n) is 2.82. The van der Waals surface area contributed by atoms with Gasteiger partial charge in [-0.1, -0.05) is 65.8 Å². The fraction of sp³-hybridized carbons (Fsp3) is 0.176. The molecule has 0 radical (unpaired) electrons. The Labute approximate surface area is 118 Å². The zero-order chi connectivity index (χ0) is 14.0. The van der Waals surface area contributed by atoms with Crippen LogP contribution in [0.15, 0.2) is 53.6 Å². The van der Waals surface area contributed by atoms with Gasteiger partial charge in [0, 0.05) is 4.91 Å². The first-order valence-electron chi connectivity index (χ1n) is 6.65. The monoisotopic (exact) mass is 261 g/mol. The van der Waals surface area contributed by atoms with Gasteiger partial charge in [-0.05, 0) is 41.1 Å². The first-order chi connectivity index (χ1) is 9.73. The van der Waals surface area contributed by atoms with Crippen LogP contribution in [0.25, 0.3) is 22.6 Å². The molecule has 2 aromatic carbocycles. The largest absolute Gasteiger partial charge is 0.0825 e. The summed E-state index contributed by atoms with van der Waals surface area (Å²) in [6.45, 7) is 2.00. The van der Waals surface area contributed by atoms with E-state index in [-0.39, 0.29) is 0 Å². The summed E-state index contributed by atoms with van der Waals surface area (Å²) in [6, 6.07) is 16.3. The number of fused-ring (bicyclic) bond motifs is 2. The van der Waals surface area contributed by atoms with Crippen molar-refractivity contribution in [1.82, 2.24) is 0 Å². The Morgan fingerprint density at radius 3 is 2.45 bits per heavy atom. The van der Waals surface area contributed by atoms with Crippen LogP contribution in [0, 0.1) is 0 Å². The van der Waals surface area contributed by atoms with Crippen molar-refractivity contribution in [2.24, 2.45) is 5.11 Å². The van der Waals surface area contributed by atoms with Crippen LogP contribution in [0.3, 0.4) is 0 Å². The molecule has 0 fully saturated rings. The lowest BCUT2D eigenvalue weighted by Crippen LogP contribution is -2.24. The molecule has 20 heavy (non-hydrogen) atoms. The number of azide groups is 1. The van der Waals surface area contributed by atoms with Crippen molar-refractivity contribution >= 4 is 12.2 Å². The van der Waals surface area contributed by atoms with Gasteiger partial charge in [-0.25, -0.2) is 0 Å². The topological polar surface area (TPSA) is 48.8 Å². The summed E-state index contributed by atoms with van der Waals surface area (Å²) in [5.41, 5.74) is 13.0. The number of benzene rings is 2. The fourth-order valence-corrected chi connectivity index (χ4v) is 2.82. The highest BCUT2D eigenvalue weighted by atomic mass is 15.2. The molecule has 98 valence electrons. The molecule has 0 N–H and O–H groups in total. The van der Waals surface area contributed by atoms with E-state index in [2.05, 4.69) is 40.4 Å². The molecule has 3 rings (SSSR count). The van der Waals surface area contributed by atoms with Crippen LogP contribution < -0.4 is 0 Å². The second kappa shape index (κ2) is 4.87. The van der Waals surface area contributed by atoms with Gasteiger partial charge in [0.25, 0.3) is 0 Å². The van der Waals surface area contributed by atoms with Crippen LogP contribution in [0.4, 0.5) is 0 Å². The lowest BCUT2D eigenvalue weighted by Gasteiger charge is -2.28. The zero-order valence-corrected chi connectivity index (χ0v) is 11.3. The van der Waals surface area contributed by atoms with E-state index in [0.29, 0.717) is 6.42 Å². The van der Waals surface area contributed by atoms with Crippen LogP contribution in [0.1, 0.15) is 29.2 Å². The molecule has 2 aromatic rings. The van der Waals surface area contributed by atoms with E-state index in [9.17, 15) is 0 Å². The molecule has 1 unspecified atom stereocenters. The summed E-state index contributed by atoms with van der Waals surface area (Å²) in [5.74, 6) is 0. The smallest absolute Gasteiger partial charge is 0.0756 e. The quantitative estimate of drug-likeness (QED) is 0.396. The molecular weight excluding hydrogens is 246 g/mol. The van der Waals surface area contributed by atoms with Crippen molar-refractivity contribution in [3.63, 3.8) is 0 Å². The van der Waals surface area contributed by atoms with Gasteiger partial charge in [0.1, 0.15) is 0 Å². The lowest BCUT2D eigenvalue weighted by atomic mass is 9.80. The highest BCUT2D eigenvalue weighted by Gasteiger charge is 2.29. The molecule has 1 aliphatic rings. The first-order valence-corrected chi connectivity index (χ1v) is 6.65. The molecule has 0 bridgehead atoms. The van der Waals surface area contributed by atoms with Crippen molar-refractivity contribution < 1.29 is 0 Å². The van der Waals surface area contributed by atoms with E-state index in [1.165, 1.54) is 11.1 Å². The normalized spacial score (nSPS) is 21.6. The minimum atomic E-state index is -0.563. The van der Waals surface area contributed by atoms with Gasteiger partial charge in [-0.2, -0.15) is 0 Å². The van der Waals surface area contributed by atoms with E-state index in [4.69, 9.17) is 5.53 Å². The summed E-state index contributed by atoms with van der Waals surface area (Å²) in [4.78, 5) is 3.08. The second-order valence-corrected chi connectivity index (χ2v) is 5.26. The van der Waals surface area contributed by atoms with E-state index in [1.54, 1.807) is 0 Å². The van der Waals surface area contributed by atoms with E-state index < -0.39 is 5.54 Å². The molecule has 0 saturated carbocycles. The lowest BCUT2D eigenvalue weighted by molar-refractivity contribution is 0.487. The van der Waals surface area contributed by atoms with Crippen LogP contribution in [0.5, 0.6) is 0 Å². The van der Waals surface area contributed by atoms with Crippen LogP contribution >= 0.6 is 0 Å². The predicted molar refractivity (Wildman–Crippen MR) is 82.0 cm³/mol. The highest BCUT2D eigenvalue weighted by Crippen LogP contribution is 2.36. The summed E-state index contributed by atoms with van der Waals surface area (Å²) in [7, 11) is 0. The van der Waals surface area contributed by atoms with E-state index >= 15 is 0 Å². The highest BCUT2D eigenvalue weighted by molar-refractivity contribution is 5.74. The average molecular weight is 261 g/mol. The minimum Gasteiger partial charge on any atom is -0.0825 e. The van der Waals surface area contributed by atoms with Gasteiger partial charge in [0.15, 0.2) is 0 Å². The average Bonchev–Trinajstić information content (AvgIpc) is 2.45. The maximum Gasteiger partial charge on any atom is 0.0756 e. The third kappa shape index (κ3) is 2.09. The molecule has 0 amide bonds. The van der Waals surface area contributed by atoms with Gasteiger partial charge in [0.2, 0.25) is 0 Å². The molecule has 0 saturated heterocycles. The second-order valence-electron chi connectivity index (χ2n) is 5.26. The van der Waals surface area contributed by atoms with Gasteiger partial charge in [-0.3, -0.25) is 0 Å². The van der Waals surface area contributed by atoms with Gasteiger partial charge in [0.05, 0.1) is 5.54 Å². The van der Waals surface area contributed by atoms with Crippen LogP contribution in [-0.2, 0) is 12.0 Å². The van der Waals surface area contributed by atoms with E-state index in [1.807, 2.05) is 37.3 Å². The van der Waals surface area contributed by atoms with Crippen molar-refractivity contribution in [2.45, 2.75) is 18.9 Å². The predicted octanol–water partition coefficient (Wildman–Crippen LogP) is 4.94. The Morgan fingerprint density at radius 1 is 1.00 bits per heavy atom. The summed E-state index contributed by atoms with van der Waals surface area (Å²) in [6.07, 6.45) is 4.93. The molecule has 0 aromatic heterocycles. The Bertz CT molecular complexity index is 727. The standard InChI is InChI=1S/C17H15N3/c1-17(19-20-18)12-15-8-3-2-6-13(15)10-11-14-7-4-5-9-16(14)17/h2-11H,12H2,1H3/b11-10-. The van der Waals surface area contributed by atoms with Crippen molar-refractivity contribution in [3.05, 3.63) is 81.2 Å². The van der Waals surface area contributed by atoms with E-state index in [0.717, 1.165) is 11.1 Å². The molecule has 1 atom stereocenters. The Balaban J connectivity index is 2.28. The number of rotatable bonds is 1. The maximum absolute atomic E-state index is 8.96. The summed E-state index contributed by atoms with van der Waals surface area (Å²) < 4.78 is 0.